The number of anilines is 8. The summed E-state index contributed by atoms with van der Waals surface area (Å²) in [5.41, 5.74) is 24.8. The molecule has 0 radical (unpaired) electrons. The van der Waals surface area contributed by atoms with Crippen LogP contribution < -0.4 is 31.1 Å². The first kappa shape index (κ1) is 47.3. The van der Waals surface area contributed by atoms with E-state index < -0.39 is 0 Å². The smallest absolute Gasteiger partial charge is 0.252 e. The molecule has 71 heavy (non-hydrogen) atoms. The van der Waals surface area contributed by atoms with Crippen LogP contribution in [0.5, 0.6) is 0 Å². The molecule has 1 fully saturated rings. The molecule has 362 valence electrons. The van der Waals surface area contributed by atoms with Gasteiger partial charge in [-0.2, -0.15) is 0 Å². The minimum Gasteiger partial charge on any atom is -0.334 e. The molecule has 3 aliphatic heterocycles. The van der Waals surface area contributed by atoms with Crippen molar-refractivity contribution in [3.8, 4) is 11.1 Å². The molecule has 0 saturated heterocycles. The van der Waals surface area contributed by atoms with Gasteiger partial charge in [-0.15, -0.1) is 0 Å². The molecule has 0 spiro atoms. The molecule has 3 heterocycles. The predicted molar refractivity (Wildman–Crippen MR) is 308 cm³/mol. The molecule has 0 amide bonds. The molecular weight excluding hydrogens is 858 g/mol. The van der Waals surface area contributed by atoms with Gasteiger partial charge < -0.3 is 14.7 Å². The topological polar surface area (TPSA) is 9.72 Å². The van der Waals surface area contributed by atoms with Crippen LogP contribution in [0.1, 0.15) is 156 Å². The van der Waals surface area contributed by atoms with Gasteiger partial charge in [-0.3, -0.25) is 0 Å². The third kappa shape index (κ3) is 7.43. The average Bonchev–Trinajstić information content (AvgIpc) is 3.52. The summed E-state index contributed by atoms with van der Waals surface area (Å²) in [6.07, 6.45) is 4.87. The minimum atomic E-state index is -0.0770. The van der Waals surface area contributed by atoms with Crippen molar-refractivity contribution in [2.75, 3.05) is 14.7 Å². The van der Waals surface area contributed by atoms with Gasteiger partial charge in [-0.25, -0.2) is 0 Å². The van der Waals surface area contributed by atoms with Crippen molar-refractivity contribution in [3.05, 3.63) is 173 Å². The highest BCUT2D eigenvalue weighted by molar-refractivity contribution is 7.00. The Morgan fingerprint density at radius 1 is 0.437 bits per heavy atom. The number of benzene rings is 7. The first-order chi connectivity index (χ1) is 33.4. The maximum absolute atomic E-state index is 2.78. The number of hydrogen-bond acceptors (Lipinski definition) is 3. The largest absolute Gasteiger partial charge is 0.334 e. The van der Waals surface area contributed by atoms with Crippen molar-refractivity contribution in [1.29, 1.82) is 0 Å². The summed E-state index contributed by atoms with van der Waals surface area (Å²) in [4.78, 5) is 8.04. The summed E-state index contributed by atoms with van der Waals surface area (Å²) in [6.45, 7) is 35.6. The molecule has 7 aromatic rings. The summed E-state index contributed by atoms with van der Waals surface area (Å²) >= 11 is 0. The van der Waals surface area contributed by atoms with Crippen LogP contribution in [-0.2, 0) is 27.1 Å². The maximum Gasteiger partial charge on any atom is 0.252 e. The second-order valence-corrected chi connectivity index (χ2v) is 26.4. The molecule has 2 unspecified atom stereocenters. The first-order valence-corrected chi connectivity index (χ1v) is 26.7. The monoisotopic (exact) mass is 934 g/mol. The van der Waals surface area contributed by atoms with Gasteiger partial charge in [-0.05, 0) is 164 Å². The molecule has 0 N–H and O–H groups in total. The molecule has 1 saturated carbocycles. The van der Waals surface area contributed by atoms with E-state index in [2.05, 4.69) is 258 Å². The van der Waals surface area contributed by atoms with Gasteiger partial charge in [-0.1, -0.05) is 182 Å². The predicted octanol–water partition coefficient (Wildman–Crippen LogP) is 16.7. The standard InChI is InChI=1S/C67H76BN3/c1-43-37-59-61-60(38-43)70(55-32-25-46(63(5,6)7)39-51(55)44-21-17-16-18-22-44)57-34-27-48(65(11,12)13)41-54(57)68(61)53-31-30-50(42-58(53)69(59)49-28-23-45(24-29-49)62(2,3)4)71-56-33-26-47(64(8,9)10)40-52(56)66(14)35-19-20-36-67(66,71)15/h16-18,21-34,37-42H,19-20,35-36H2,1-15H3. The lowest BCUT2D eigenvalue weighted by Crippen LogP contribution is -2.61. The van der Waals surface area contributed by atoms with Gasteiger partial charge in [0.2, 0.25) is 0 Å². The van der Waals surface area contributed by atoms with Crippen LogP contribution in [0.4, 0.5) is 45.5 Å². The Bertz CT molecular complexity index is 3240. The summed E-state index contributed by atoms with van der Waals surface area (Å²) in [7, 11) is 0. The third-order valence-electron chi connectivity index (χ3n) is 17.5. The quantitative estimate of drug-likeness (QED) is 0.163. The Morgan fingerprint density at radius 3 is 1.61 bits per heavy atom. The molecule has 0 aromatic heterocycles. The highest BCUT2D eigenvalue weighted by atomic mass is 15.3. The van der Waals surface area contributed by atoms with Crippen LogP contribution in [-0.4, -0.2) is 12.3 Å². The zero-order valence-corrected chi connectivity index (χ0v) is 45.5. The van der Waals surface area contributed by atoms with Crippen LogP contribution in [0, 0.1) is 6.92 Å². The average molecular weight is 934 g/mol. The number of hydrogen-bond donors (Lipinski definition) is 0. The molecule has 2 atom stereocenters. The lowest BCUT2D eigenvalue weighted by molar-refractivity contribution is 0.195. The Balaban J connectivity index is 1.20. The van der Waals surface area contributed by atoms with E-state index in [9.17, 15) is 0 Å². The number of fused-ring (bicyclic) bond motifs is 7. The van der Waals surface area contributed by atoms with Crippen molar-refractivity contribution < 1.29 is 0 Å². The molecule has 1 aliphatic carbocycles. The Labute approximate surface area is 427 Å². The van der Waals surface area contributed by atoms with Crippen LogP contribution in [0.3, 0.4) is 0 Å². The van der Waals surface area contributed by atoms with Crippen molar-refractivity contribution in [2.45, 2.75) is 162 Å². The normalized spacial score (nSPS) is 19.5. The van der Waals surface area contributed by atoms with Crippen LogP contribution in [0.25, 0.3) is 11.1 Å². The Morgan fingerprint density at radius 2 is 0.972 bits per heavy atom. The second-order valence-electron chi connectivity index (χ2n) is 26.4. The van der Waals surface area contributed by atoms with Gasteiger partial charge >= 0.3 is 0 Å². The fourth-order valence-electron chi connectivity index (χ4n) is 13.0. The number of nitrogens with zero attached hydrogens (tertiary/aromatic N) is 3. The van der Waals surface area contributed by atoms with E-state index in [0.717, 1.165) is 6.42 Å². The molecule has 3 nitrogen and oxygen atoms in total. The molecule has 7 aromatic carbocycles. The molecule has 11 rings (SSSR count). The van der Waals surface area contributed by atoms with Crippen molar-refractivity contribution in [2.24, 2.45) is 0 Å². The van der Waals surface area contributed by atoms with Gasteiger partial charge in [0.15, 0.2) is 0 Å². The summed E-state index contributed by atoms with van der Waals surface area (Å²) < 4.78 is 0. The lowest BCUT2D eigenvalue weighted by atomic mass is 9.33. The van der Waals surface area contributed by atoms with Crippen molar-refractivity contribution in [1.82, 2.24) is 0 Å². The van der Waals surface area contributed by atoms with Gasteiger partial charge in [0.05, 0.1) is 11.2 Å². The van der Waals surface area contributed by atoms with Crippen LogP contribution >= 0.6 is 0 Å². The SMILES string of the molecule is Cc1cc2c3c(c1)N(c1ccc(C(C)(C)C)cc1-c1ccccc1)c1ccc(C(C)(C)C)cc1B3c1ccc(N3c4ccc(C(C)(C)C)cc4C4(C)CCCCC34C)cc1N2c1ccc(C(C)(C)C)cc1. The number of aryl methyl sites for hydroxylation is 1. The molecule has 0 bridgehead atoms. The van der Waals surface area contributed by atoms with E-state index in [4.69, 9.17) is 0 Å². The Hall–Kier alpha value is -6.00. The zero-order valence-electron chi connectivity index (χ0n) is 45.5. The highest BCUT2D eigenvalue weighted by Crippen LogP contribution is 2.62. The van der Waals surface area contributed by atoms with E-state index in [0.29, 0.717) is 0 Å². The Kier molecular flexibility index (Phi) is 10.7. The van der Waals surface area contributed by atoms with Gasteiger partial charge in [0.1, 0.15) is 0 Å². The van der Waals surface area contributed by atoms with Crippen molar-refractivity contribution >= 4 is 68.6 Å². The maximum atomic E-state index is 2.78. The first-order valence-electron chi connectivity index (χ1n) is 26.7. The highest BCUT2D eigenvalue weighted by Gasteiger charge is 2.58. The van der Waals surface area contributed by atoms with Gasteiger partial charge in [0.25, 0.3) is 6.71 Å². The van der Waals surface area contributed by atoms with E-state index in [1.54, 1.807) is 0 Å². The van der Waals surface area contributed by atoms with Crippen molar-refractivity contribution in [3.63, 3.8) is 0 Å². The fraction of sp³-hybridized carbons (Fsp3) is 0.373. The summed E-state index contributed by atoms with van der Waals surface area (Å²) in [6, 6.07) is 55.2. The fourth-order valence-corrected chi connectivity index (χ4v) is 13.0. The van der Waals surface area contributed by atoms with E-state index in [-0.39, 0.29) is 39.3 Å². The van der Waals surface area contributed by atoms with E-state index >= 15 is 0 Å². The van der Waals surface area contributed by atoms with Crippen LogP contribution in [0.2, 0.25) is 0 Å². The van der Waals surface area contributed by atoms with E-state index in [1.165, 1.54) is 126 Å². The molecule has 4 heteroatoms. The second kappa shape index (κ2) is 16.0. The zero-order chi connectivity index (χ0) is 50.4. The summed E-state index contributed by atoms with van der Waals surface area (Å²) in [5, 5.41) is 0. The lowest BCUT2D eigenvalue weighted by Gasteiger charge is -2.50. The third-order valence-corrected chi connectivity index (χ3v) is 17.5. The number of rotatable bonds is 4. The van der Waals surface area contributed by atoms with Gasteiger partial charge in [0, 0.05) is 50.8 Å². The van der Waals surface area contributed by atoms with E-state index in [1.807, 2.05) is 0 Å². The molecule has 4 aliphatic rings. The summed E-state index contributed by atoms with van der Waals surface area (Å²) in [5.74, 6) is 0. The minimum absolute atomic E-state index is 0.00747. The molecular formula is C67H76BN3. The van der Waals surface area contributed by atoms with Crippen LogP contribution in [0.15, 0.2) is 140 Å².